The minimum atomic E-state index is -2.32. The topological polar surface area (TPSA) is 52.3 Å². The maximum Gasteiger partial charge on any atom is 0.327 e. The Morgan fingerprint density at radius 1 is 1.00 bits per heavy atom. The molecular formula is C9H6F5NO2. The zero-order valence-electron chi connectivity index (χ0n) is 8.36. The van der Waals surface area contributed by atoms with Gasteiger partial charge in [0, 0.05) is 0 Å². The van der Waals surface area contributed by atoms with Crippen LogP contribution in [0.25, 0.3) is 0 Å². The van der Waals surface area contributed by atoms with Gasteiger partial charge in [-0.1, -0.05) is 0 Å². The third-order valence-corrected chi connectivity index (χ3v) is 2.01. The number of carbonyl (C=O) groups is 1. The second kappa shape index (κ2) is 4.66. The van der Waals surface area contributed by atoms with Crippen molar-refractivity contribution in [2.75, 3.05) is 7.11 Å². The molecule has 0 bridgehead atoms. The largest absolute Gasteiger partial charge is 0.468 e. The number of hydrogen-bond donors (Lipinski definition) is 1. The van der Waals surface area contributed by atoms with Crippen molar-refractivity contribution in [3.63, 3.8) is 0 Å². The molecule has 0 saturated carbocycles. The van der Waals surface area contributed by atoms with Gasteiger partial charge >= 0.3 is 5.97 Å². The summed E-state index contributed by atoms with van der Waals surface area (Å²) in [5, 5.41) is 0. The molecule has 8 heteroatoms. The van der Waals surface area contributed by atoms with E-state index in [1.807, 2.05) is 0 Å². The van der Waals surface area contributed by atoms with Crippen molar-refractivity contribution < 1.29 is 31.5 Å². The smallest absolute Gasteiger partial charge is 0.327 e. The summed E-state index contributed by atoms with van der Waals surface area (Å²) in [6, 6.07) is -2.09. The average Bonchev–Trinajstić information content (AvgIpc) is 2.32. The third-order valence-electron chi connectivity index (χ3n) is 2.01. The maximum absolute atomic E-state index is 13.1. The van der Waals surface area contributed by atoms with Crippen LogP contribution in [0.15, 0.2) is 0 Å². The zero-order valence-corrected chi connectivity index (χ0v) is 8.36. The molecule has 94 valence electrons. The lowest BCUT2D eigenvalue weighted by molar-refractivity contribution is -0.142. The molecule has 0 spiro atoms. The van der Waals surface area contributed by atoms with Gasteiger partial charge in [-0.2, -0.15) is 0 Å². The van der Waals surface area contributed by atoms with Crippen molar-refractivity contribution in [1.29, 1.82) is 0 Å². The summed E-state index contributed by atoms with van der Waals surface area (Å²) in [7, 11) is 0.855. The van der Waals surface area contributed by atoms with Crippen LogP contribution in [0, 0.1) is 29.1 Å². The summed E-state index contributed by atoms with van der Waals surface area (Å²) >= 11 is 0. The molecule has 3 nitrogen and oxygen atoms in total. The fraction of sp³-hybridized carbons (Fsp3) is 0.222. The average molecular weight is 255 g/mol. The van der Waals surface area contributed by atoms with E-state index in [2.05, 4.69) is 4.74 Å². The first kappa shape index (κ1) is 13.4. The summed E-state index contributed by atoms with van der Waals surface area (Å²) in [5.41, 5.74) is 3.61. The van der Waals surface area contributed by atoms with Crippen LogP contribution >= 0.6 is 0 Å². The first-order chi connectivity index (χ1) is 7.82. The van der Waals surface area contributed by atoms with E-state index >= 15 is 0 Å². The van der Waals surface area contributed by atoms with E-state index in [0.29, 0.717) is 0 Å². The molecule has 0 radical (unpaired) electrons. The van der Waals surface area contributed by atoms with Crippen LogP contribution in [0.2, 0.25) is 0 Å². The Labute approximate surface area is 92.0 Å². The number of esters is 1. The van der Waals surface area contributed by atoms with E-state index in [1.165, 1.54) is 0 Å². The number of carbonyl (C=O) groups excluding carboxylic acids is 1. The third kappa shape index (κ3) is 2.07. The molecule has 17 heavy (non-hydrogen) atoms. The fourth-order valence-electron chi connectivity index (χ4n) is 1.14. The van der Waals surface area contributed by atoms with E-state index in [4.69, 9.17) is 5.73 Å². The van der Waals surface area contributed by atoms with Crippen LogP contribution in [0.5, 0.6) is 0 Å². The van der Waals surface area contributed by atoms with E-state index in [0.717, 1.165) is 7.11 Å². The van der Waals surface area contributed by atoms with E-state index in [9.17, 15) is 26.7 Å². The van der Waals surface area contributed by atoms with E-state index in [1.54, 1.807) is 0 Å². The lowest BCUT2D eigenvalue weighted by Crippen LogP contribution is -2.26. The molecular weight excluding hydrogens is 249 g/mol. The van der Waals surface area contributed by atoms with Gasteiger partial charge in [0.25, 0.3) is 0 Å². The quantitative estimate of drug-likeness (QED) is 0.377. The van der Waals surface area contributed by atoms with Gasteiger partial charge in [0.2, 0.25) is 5.82 Å². The van der Waals surface area contributed by atoms with E-state index in [-0.39, 0.29) is 0 Å². The maximum atomic E-state index is 13.1. The predicted molar refractivity (Wildman–Crippen MR) is 45.2 cm³/mol. The van der Waals surface area contributed by atoms with Crippen LogP contribution in [0.4, 0.5) is 22.0 Å². The van der Waals surface area contributed by atoms with Gasteiger partial charge in [-0.05, 0) is 0 Å². The molecule has 0 amide bonds. The molecule has 0 heterocycles. The molecule has 0 fully saturated rings. The standard InChI is InChI=1S/C9H6F5NO2/c1-17-9(16)8(15)2-3(10)5(12)7(14)6(13)4(2)11/h8H,15H2,1H3/t8-/m0/s1. The Morgan fingerprint density at radius 2 is 1.35 bits per heavy atom. The number of benzene rings is 1. The number of nitrogens with two attached hydrogens (primary N) is 1. The van der Waals surface area contributed by atoms with E-state index < -0.39 is 46.7 Å². The molecule has 1 aromatic rings. The molecule has 0 aliphatic rings. The zero-order chi connectivity index (χ0) is 13.3. The second-order valence-electron chi connectivity index (χ2n) is 2.98. The Kier molecular flexibility index (Phi) is 3.66. The van der Waals surface area contributed by atoms with Gasteiger partial charge < -0.3 is 10.5 Å². The van der Waals surface area contributed by atoms with Crippen molar-refractivity contribution in [3.05, 3.63) is 34.6 Å². The van der Waals surface area contributed by atoms with Crippen LogP contribution in [-0.2, 0) is 9.53 Å². The normalized spacial score (nSPS) is 12.4. The summed E-state index contributed by atoms with van der Waals surface area (Å²) in [5.74, 6) is -12.3. The Bertz CT molecular complexity index is 448. The van der Waals surface area contributed by atoms with Gasteiger partial charge in [-0.3, -0.25) is 4.79 Å². The van der Waals surface area contributed by atoms with Crippen LogP contribution in [-0.4, -0.2) is 13.1 Å². The van der Waals surface area contributed by atoms with Crippen molar-refractivity contribution >= 4 is 5.97 Å². The van der Waals surface area contributed by atoms with Crippen LogP contribution in [0.1, 0.15) is 11.6 Å². The Hall–Kier alpha value is -1.70. The van der Waals surface area contributed by atoms with Crippen molar-refractivity contribution in [1.82, 2.24) is 0 Å². The monoisotopic (exact) mass is 255 g/mol. The highest BCUT2D eigenvalue weighted by Gasteiger charge is 2.32. The summed E-state index contributed by atoms with van der Waals surface area (Å²) in [6.45, 7) is 0. The number of ether oxygens (including phenoxy) is 1. The summed E-state index contributed by atoms with van der Waals surface area (Å²) in [6.07, 6.45) is 0. The highest BCUT2D eigenvalue weighted by atomic mass is 19.2. The second-order valence-corrected chi connectivity index (χ2v) is 2.98. The van der Waals surface area contributed by atoms with Gasteiger partial charge in [-0.15, -0.1) is 0 Å². The first-order valence-electron chi connectivity index (χ1n) is 4.17. The van der Waals surface area contributed by atoms with Crippen molar-refractivity contribution in [3.8, 4) is 0 Å². The minimum Gasteiger partial charge on any atom is -0.468 e. The number of halogens is 5. The molecule has 0 aromatic heterocycles. The van der Waals surface area contributed by atoms with Crippen LogP contribution in [0.3, 0.4) is 0 Å². The lowest BCUT2D eigenvalue weighted by Gasteiger charge is -2.13. The predicted octanol–water partition coefficient (Wildman–Crippen LogP) is 1.55. The van der Waals surface area contributed by atoms with Crippen LogP contribution < -0.4 is 5.73 Å². The molecule has 0 aliphatic heterocycles. The Morgan fingerprint density at radius 3 is 1.71 bits per heavy atom. The minimum absolute atomic E-state index is 0.855. The molecule has 1 rings (SSSR count). The van der Waals surface area contributed by atoms with Gasteiger partial charge in [0.15, 0.2) is 23.3 Å². The first-order valence-corrected chi connectivity index (χ1v) is 4.17. The Balaban J connectivity index is 3.49. The molecule has 0 unspecified atom stereocenters. The highest BCUT2D eigenvalue weighted by Crippen LogP contribution is 2.27. The number of hydrogen-bond acceptors (Lipinski definition) is 3. The molecule has 2 N–H and O–H groups in total. The van der Waals surface area contributed by atoms with Crippen molar-refractivity contribution in [2.45, 2.75) is 6.04 Å². The van der Waals surface area contributed by atoms with Gasteiger partial charge in [-0.25, -0.2) is 22.0 Å². The molecule has 0 aliphatic carbocycles. The number of methoxy groups -OCH3 is 1. The molecule has 0 saturated heterocycles. The fourth-order valence-corrected chi connectivity index (χ4v) is 1.14. The van der Waals surface area contributed by atoms with Crippen molar-refractivity contribution in [2.24, 2.45) is 5.73 Å². The SMILES string of the molecule is COC(=O)[C@@H](N)c1c(F)c(F)c(F)c(F)c1F. The van der Waals surface area contributed by atoms with Gasteiger partial charge in [0.1, 0.15) is 6.04 Å². The molecule has 1 atom stereocenters. The summed E-state index contributed by atoms with van der Waals surface area (Å²) in [4.78, 5) is 10.9. The highest BCUT2D eigenvalue weighted by molar-refractivity contribution is 5.77. The number of rotatable bonds is 2. The van der Waals surface area contributed by atoms with Gasteiger partial charge in [0.05, 0.1) is 12.7 Å². The molecule has 1 aromatic carbocycles. The summed E-state index contributed by atoms with van der Waals surface area (Å²) < 4.78 is 68.5. The lowest BCUT2D eigenvalue weighted by atomic mass is 10.1.